The fraction of sp³-hybridized carbons (Fsp3) is 0.500. The van der Waals surface area contributed by atoms with Gasteiger partial charge in [-0.15, -0.1) is 0 Å². The molecule has 0 bridgehead atoms. The maximum atomic E-state index is 13.2. The Bertz CT molecular complexity index is 359. The average Bonchev–Trinajstić information content (AvgIpc) is 3.01. The second-order valence-corrected chi connectivity index (χ2v) is 4.36. The molecule has 1 aromatic carbocycles. The summed E-state index contributed by atoms with van der Waals surface area (Å²) >= 11 is 0. The van der Waals surface area contributed by atoms with Gasteiger partial charge in [0.1, 0.15) is 11.6 Å². The fourth-order valence-electron chi connectivity index (χ4n) is 1.42. The van der Waals surface area contributed by atoms with Crippen molar-refractivity contribution in [3.05, 3.63) is 29.6 Å². The summed E-state index contributed by atoms with van der Waals surface area (Å²) < 4.78 is 18.6. The zero-order chi connectivity index (χ0) is 10.9. The maximum Gasteiger partial charge on any atom is 0.129 e. The summed E-state index contributed by atoms with van der Waals surface area (Å²) in [6, 6.07) is 4.85. The lowest BCUT2D eigenvalue weighted by atomic mass is 10.1. The Morgan fingerprint density at radius 2 is 2.20 bits per heavy atom. The molecule has 0 amide bonds. The lowest BCUT2D eigenvalue weighted by Gasteiger charge is -2.13. The minimum atomic E-state index is -0.249. The van der Waals surface area contributed by atoms with Crippen LogP contribution in [-0.4, -0.2) is 18.3 Å². The van der Waals surface area contributed by atoms with Crippen LogP contribution in [0.5, 0.6) is 5.75 Å². The van der Waals surface area contributed by atoms with E-state index in [4.69, 9.17) is 9.84 Å². The minimum absolute atomic E-state index is 0.0542. The zero-order valence-corrected chi connectivity index (χ0v) is 8.79. The van der Waals surface area contributed by atoms with Gasteiger partial charge in [0, 0.05) is 11.5 Å². The molecule has 82 valence electrons. The van der Waals surface area contributed by atoms with E-state index in [-0.39, 0.29) is 17.8 Å². The quantitative estimate of drug-likeness (QED) is 0.826. The number of benzene rings is 1. The Labute approximate surface area is 88.7 Å². The molecular weight excluding hydrogens is 195 g/mol. The summed E-state index contributed by atoms with van der Waals surface area (Å²) in [5.74, 6) is 0.291. The number of aliphatic hydroxyl groups excluding tert-OH is 1. The summed E-state index contributed by atoms with van der Waals surface area (Å²) in [7, 11) is 0. The highest BCUT2D eigenvalue weighted by Gasteiger charge is 2.42. The lowest BCUT2D eigenvalue weighted by molar-refractivity contribution is 0.146. The number of hydrogen-bond donors (Lipinski definition) is 1. The van der Waals surface area contributed by atoms with Crippen molar-refractivity contribution in [2.45, 2.75) is 19.8 Å². The summed E-state index contributed by atoms with van der Waals surface area (Å²) in [5.41, 5.74) is 0.562. The predicted octanol–water partition coefficient (Wildman–Crippen LogP) is 2.29. The number of hydrogen-bond acceptors (Lipinski definition) is 2. The van der Waals surface area contributed by atoms with Gasteiger partial charge < -0.3 is 9.84 Å². The molecule has 1 aliphatic carbocycles. The molecule has 0 radical (unpaired) electrons. The summed E-state index contributed by atoms with van der Waals surface area (Å²) in [4.78, 5) is 0. The molecule has 0 aromatic heterocycles. The van der Waals surface area contributed by atoms with Crippen LogP contribution in [0.1, 0.15) is 18.4 Å². The molecule has 2 rings (SSSR count). The van der Waals surface area contributed by atoms with E-state index in [0.29, 0.717) is 17.9 Å². The average molecular weight is 210 g/mol. The van der Waals surface area contributed by atoms with Gasteiger partial charge in [0.15, 0.2) is 0 Å². The van der Waals surface area contributed by atoms with Crippen molar-refractivity contribution in [1.29, 1.82) is 0 Å². The van der Waals surface area contributed by atoms with E-state index in [2.05, 4.69) is 0 Å². The first-order valence-corrected chi connectivity index (χ1v) is 5.15. The third kappa shape index (κ3) is 2.29. The van der Waals surface area contributed by atoms with Gasteiger partial charge in [-0.25, -0.2) is 4.39 Å². The topological polar surface area (TPSA) is 29.5 Å². The molecule has 0 unspecified atom stereocenters. The van der Waals surface area contributed by atoms with E-state index < -0.39 is 0 Å². The lowest BCUT2D eigenvalue weighted by Crippen LogP contribution is -2.17. The summed E-state index contributed by atoms with van der Waals surface area (Å²) in [5, 5.41) is 9.08. The van der Waals surface area contributed by atoms with Crippen LogP contribution in [0.25, 0.3) is 0 Å². The highest BCUT2D eigenvalue weighted by molar-refractivity contribution is 5.28. The molecule has 0 aliphatic heterocycles. The van der Waals surface area contributed by atoms with Crippen molar-refractivity contribution in [3.63, 3.8) is 0 Å². The van der Waals surface area contributed by atoms with Gasteiger partial charge in [0.25, 0.3) is 0 Å². The second kappa shape index (κ2) is 3.81. The Balaban J connectivity index is 1.96. The number of halogens is 1. The molecule has 1 fully saturated rings. The second-order valence-electron chi connectivity index (χ2n) is 4.36. The first-order chi connectivity index (χ1) is 7.15. The fourth-order valence-corrected chi connectivity index (χ4v) is 1.42. The third-order valence-corrected chi connectivity index (χ3v) is 2.98. The van der Waals surface area contributed by atoms with Crippen molar-refractivity contribution < 1.29 is 14.2 Å². The van der Waals surface area contributed by atoms with Gasteiger partial charge in [0.05, 0.1) is 13.2 Å². The largest absolute Gasteiger partial charge is 0.493 e. The molecule has 0 atom stereocenters. The first kappa shape index (κ1) is 10.4. The number of aliphatic hydroxyl groups is 1. The molecule has 1 saturated carbocycles. The number of aryl methyl sites for hydroxylation is 1. The van der Waals surface area contributed by atoms with Gasteiger partial charge in [-0.05, 0) is 31.4 Å². The number of rotatable bonds is 4. The van der Waals surface area contributed by atoms with E-state index >= 15 is 0 Å². The molecule has 0 heterocycles. The standard InChI is InChI=1S/C12H15FO2/c1-9-2-3-10(6-11(9)13)15-8-12(7-14)4-5-12/h2-3,6,14H,4-5,7-8H2,1H3. The smallest absolute Gasteiger partial charge is 0.129 e. The molecular formula is C12H15FO2. The van der Waals surface area contributed by atoms with Crippen molar-refractivity contribution in [2.24, 2.45) is 5.41 Å². The maximum absolute atomic E-state index is 13.2. The van der Waals surface area contributed by atoms with E-state index in [9.17, 15) is 4.39 Å². The third-order valence-electron chi connectivity index (χ3n) is 2.98. The Kier molecular flexibility index (Phi) is 2.65. The van der Waals surface area contributed by atoms with Crippen molar-refractivity contribution in [2.75, 3.05) is 13.2 Å². The molecule has 3 heteroatoms. The van der Waals surface area contributed by atoms with E-state index in [0.717, 1.165) is 12.8 Å². The molecule has 15 heavy (non-hydrogen) atoms. The van der Waals surface area contributed by atoms with Crippen molar-refractivity contribution in [3.8, 4) is 5.75 Å². The van der Waals surface area contributed by atoms with Crippen LogP contribution in [0, 0.1) is 18.2 Å². The summed E-state index contributed by atoms with van der Waals surface area (Å²) in [6.45, 7) is 2.35. The van der Waals surface area contributed by atoms with Crippen molar-refractivity contribution in [1.82, 2.24) is 0 Å². The summed E-state index contributed by atoms with van der Waals surface area (Å²) in [6.07, 6.45) is 2.00. The monoisotopic (exact) mass is 210 g/mol. The van der Waals surface area contributed by atoms with E-state index in [1.54, 1.807) is 19.1 Å². The van der Waals surface area contributed by atoms with Crippen LogP contribution < -0.4 is 4.74 Å². The van der Waals surface area contributed by atoms with Crippen LogP contribution in [0.4, 0.5) is 4.39 Å². The van der Waals surface area contributed by atoms with Gasteiger partial charge >= 0.3 is 0 Å². The number of ether oxygens (including phenoxy) is 1. The molecule has 1 N–H and O–H groups in total. The minimum Gasteiger partial charge on any atom is -0.493 e. The normalized spacial score (nSPS) is 17.5. The first-order valence-electron chi connectivity index (χ1n) is 5.15. The SMILES string of the molecule is Cc1ccc(OCC2(CO)CC2)cc1F. The highest BCUT2D eigenvalue weighted by Crippen LogP contribution is 2.45. The van der Waals surface area contributed by atoms with Crippen molar-refractivity contribution >= 4 is 0 Å². The zero-order valence-electron chi connectivity index (χ0n) is 8.79. The van der Waals surface area contributed by atoms with Gasteiger partial charge in [0.2, 0.25) is 0 Å². The van der Waals surface area contributed by atoms with Gasteiger partial charge in [-0.2, -0.15) is 0 Å². The van der Waals surface area contributed by atoms with E-state index in [1.807, 2.05) is 0 Å². The van der Waals surface area contributed by atoms with Crippen LogP contribution in [0.2, 0.25) is 0 Å². The van der Waals surface area contributed by atoms with Crippen LogP contribution in [0.15, 0.2) is 18.2 Å². The Morgan fingerprint density at radius 3 is 2.73 bits per heavy atom. The van der Waals surface area contributed by atoms with Gasteiger partial charge in [-0.1, -0.05) is 6.07 Å². The van der Waals surface area contributed by atoms with Crippen LogP contribution in [-0.2, 0) is 0 Å². The molecule has 1 aliphatic rings. The predicted molar refractivity (Wildman–Crippen MR) is 55.4 cm³/mol. The molecule has 0 spiro atoms. The van der Waals surface area contributed by atoms with E-state index in [1.165, 1.54) is 6.07 Å². The molecule has 0 saturated heterocycles. The Hall–Kier alpha value is -1.09. The van der Waals surface area contributed by atoms with Crippen LogP contribution >= 0.6 is 0 Å². The Morgan fingerprint density at radius 1 is 1.47 bits per heavy atom. The van der Waals surface area contributed by atoms with Gasteiger partial charge in [-0.3, -0.25) is 0 Å². The molecule has 1 aromatic rings. The highest BCUT2D eigenvalue weighted by atomic mass is 19.1. The molecule has 2 nitrogen and oxygen atoms in total. The van der Waals surface area contributed by atoms with Crippen LogP contribution in [0.3, 0.4) is 0 Å².